The molecule has 5 rings (SSSR count). The molecule has 2 aromatic heterocycles. The Hall–Kier alpha value is -3.88. The van der Waals surface area contributed by atoms with E-state index in [-0.39, 0.29) is 12.2 Å². The van der Waals surface area contributed by atoms with E-state index in [9.17, 15) is 9.59 Å². The van der Waals surface area contributed by atoms with E-state index in [0.717, 1.165) is 11.1 Å². The Bertz CT molecular complexity index is 1680. The summed E-state index contributed by atoms with van der Waals surface area (Å²) in [4.78, 5) is 31.8. The largest absolute Gasteiger partial charge is 0.497 e. The quantitative estimate of drug-likeness (QED) is 0.334. The third-order valence-corrected chi connectivity index (χ3v) is 7.21. The number of carbonyl (C=O) groups is 1. The number of rotatable bonds is 6. The molecule has 0 saturated carbocycles. The summed E-state index contributed by atoms with van der Waals surface area (Å²) in [7, 11) is 1.58. The topological polar surface area (TPSA) is 83.0 Å². The molecule has 4 aromatic rings. The molecule has 0 fully saturated rings. The monoisotopic (exact) mass is 534 g/mol. The second-order valence-electron chi connectivity index (χ2n) is 8.28. The fourth-order valence-electron chi connectivity index (χ4n) is 4.22. The van der Waals surface area contributed by atoms with Crippen LogP contribution in [0.15, 0.2) is 86.1 Å². The standard InChI is InChI=1S/C28H23ClN2O5S/c1-4-35-27(33)24-16(2)30-28-31(25(24)18-7-11-20(34-3)12-8-18)26(32)23(37-28)15-21-13-14-22(36-21)17-5-9-19(29)10-6-17/h5-15,25H,4H2,1-3H3. The molecule has 0 spiro atoms. The second kappa shape index (κ2) is 10.2. The minimum atomic E-state index is -0.690. The van der Waals surface area contributed by atoms with Gasteiger partial charge in [-0.25, -0.2) is 9.79 Å². The van der Waals surface area contributed by atoms with Gasteiger partial charge in [-0.15, -0.1) is 0 Å². The molecule has 0 amide bonds. The number of fused-ring (bicyclic) bond motifs is 1. The summed E-state index contributed by atoms with van der Waals surface area (Å²) < 4.78 is 18.6. The number of ether oxygens (including phenoxy) is 2. The number of hydrogen-bond acceptors (Lipinski definition) is 7. The van der Waals surface area contributed by atoms with Crippen molar-refractivity contribution in [2.75, 3.05) is 13.7 Å². The Morgan fingerprint density at radius 1 is 1.14 bits per heavy atom. The van der Waals surface area contributed by atoms with E-state index in [1.807, 2.05) is 30.3 Å². The summed E-state index contributed by atoms with van der Waals surface area (Å²) in [5.74, 6) is 1.35. The maximum atomic E-state index is 13.7. The summed E-state index contributed by atoms with van der Waals surface area (Å²) in [6.45, 7) is 3.71. The van der Waals surface area contributed by atoms with E-state index in [1.165, 1.54) is 11.3 Å². The van der Waals surface area contributed by atoms with Gasteiger partial charge in [-0.1, -0.05) is 35.1 Å². The molecule has 2 aromatic carbocycles. The second-order valence-corrected chi connectivity index (χ2v) is 9.73. The van der Waals surface area contributed by atoms with Crippen molar-refractivity contribution >= 4 is 35.0 Å². The van der Waals surface area contributed by atoms with Crippen LogP contribution in [0.25, 0.3) is 17.4 Å². The van der Waals surface area contributed by atoms with Crippen LogP contribution in [-0.2, 0) is 9.53 Å². The van der Waals surface area contributed by atoms with E-state index in [2.05, 4.69) is 4.99 Å². The molecule has 7 nitrogen and oxygen atoms in total. The van der Waals surface area contributed by atoms with Gasteiger partial charge in [0, 0.05) is 16.7 Å². The SMILES string of the molecule is CCOC(=O)C1=C(C)N=c2sc(=Cc3ccc(-c4ccc(Cl)cc4)o3)c(=O)n2C1c1ccc(OC)cc1. The Kier molecular flexibility index (Phi) is 6.86. The lowest BCUT2D eigenvalue weighted by Crippen LogP contribution is -2.39. The van der Waals surface area contributed by atoms with Crippen molar-refractivity contribution < 1.29 is 18.7 Å². The molecule has 1 unspecified atom stereocenters. The summed E-state index contributed by atoms with van der Waals surface area (Å²) >= 11 is 7.23. The van der Waals surface area contributed by atoms with Gasteiger partial charge < -0.3 is 13.9 Å². The number of furan rings is 1. The first kappa shape index (κ1) is 24.8. The first-order valence-corrected chi connectivity index (χ1v) is 12.8. The van der Waals surface area contributed by atoms with Crippen molar-refractivity contribution in [3.8, 4) is 17.1 Å². The molecule has 1 aliphatic heterocycles. The van der Waals surface area contributed by atoms with E-state index >= 15 is 0 Å². The molecule has 3 heterocycles. The highest BCUT2D eigenvalue weighted by atomic mass is 35.5. The van der Waals surface area contributed by atoms with Gasteiger partial charge in [-0.05, 0) is 67.9 Å². The van der Waals surface area contributed by atoms with Crippen LogP contribution >= 0.6 is 22.9 Å². The first-order chi connectivity index (χ1) is 17.9. The number of hydrogen-bond donors (Lipinski definition) is 0. The number of methoxy groups -OCH3 is 1. The lowest BCUT2D eigenvalue weighted by Gasteiger charge is -2.24. The van der Waals surface area contributed by atoms with Crippen LogP contribution in [0.4, 0.5) is 0 Å². The van der Waals surface area contributed by atoms with E-state index in [0.29, 0.717) is 42.9 Å². The molecular weight excluding hydrogens is 512 g/mol. The zero-order chi connectivity index (χ0) is 26.1. The highest BCUT2D eigenvalue weighted by molar-refractivity contribution is 7.07. The van der Waals surface area contributed by atoms with Gasteiger partial charge in [0.1, 0.15) is 17.3 Å². The van der Waals surface area contributed by atoms with Crippen LogP contribution in [0.3, 0.4) is 0 Å². The Labute approximate surface area is 221 Å². The fraction of sp³-hybridized carbons (Fsp3) is 0.179. The average Bonchev–Trinajstić information content (AvgIpc) is 3.48. The smallest absolute Gasteiger partial charge is 0.338 e. The Morgan fingerprint density at radius 2 is 1.86 bits per heavy atom. The maximum Gasteiger partial charge on any atom is 0.338 e. The van der Waals surface area contributed by atoms with Crippen molar-refractivity contribution in [3.05, 3.63) is 108 Å². The first-order valence-electron chi connectivity index (χ1n) is 11.6. The zero-order valence-electron chi connectivity index (χ0n) is 20.4. The fourth-order valence-corrected chi connectivity index (χ4v) is 5.37. The minimum absolute atomic E-state index is 0.212. The van der Waals surface area contributed by atoms with Crippen molar-refractivity contribution in [1.82, 2.24) is 4.57 Å². The zero-order valence-corrected chi connectivity index (χ0v) is 21.9. The van der Waals surface area contributed by atoms with Crippen LogP contribution in [-0.4, -0.2) is 24.3 Å². The van der Waals surface area contributed by atoms with Gasteiger partial charge in [0.05, 0.1) is 35.6 Å². The molecular formula is C28H23ClN2O5S. The van der Waals surface area contributed by atoms with Gasteiger partial charge >= 0.3 is 5.97 Å². The number of carbonyl (C=O) groups excluding carboxylic acids is 1. The number of halogens is 1. The lowest BCUT2D eigenvalue weighted by molar-refractivity contribution is -0.139. The van der Waals surface area contributed by atoms with E-state index in [1.54, 1.807) is 61.9 Å². The normalized spacial score (nSPS) is 15.4. The Balaban J connectivity index is 1.62. The van der Waals surface area contributed by atoms with Gasteiger partial charge in [-0.3, -0.25) is 9.36 Å². The molecule has 0 radical (unpaired) electrons. The predicted molar refractivity (Wildman–Crippen MR) is 143 cm³/mol. The third kappa shape index (κ3) is 4.77. The van der Waals surface area contributed by atoms with Crippen LogP contribution in [0, 0.1) is 0 Å². The number of benzene rings is 2. The van der Waals surface area contributed by atoms with E-state index in [4.69, 9.17) is 25.5 Å². The molecule has 0 saturated heterocycles. The van der Waals surface area contributed by atoms with Crippen molar-refractivity contribution in [3.63, 3.8) is 0 Å². The molecule has 188 valence electrons. The number of nitrogens with zero attached hydrogens (tertiary/aromatic N) is 2. The highest BCUT2D eigenvalue weighted by Gasteiger charge is 2.33. The molecule has 1 atom stereocenters. The lowest BCUT2D eigenvalue weighted by atomic mass is 9.96. The van der Waals surface area contributed by atoms with Gasteiger partial charge in [0.15, 0.2) is 4.80 Å². The van der Waals surface area contributed by atoms with Gasteiger partial charge in [0.25, 0.3) is 5.56 Å². The van der Waals surface area contributed by atoms with Gasteiger partial charge in [0.2, 0.25) is 0 Å². The molecule has 0 aliphatic carbocycles. The van der Waals surface area contributed by atoms with Crippen LogP contribution in [0.1, 0.15) is 31.2 Å². The highest BCUT2D eigenvalue weighted by Crippen LogP contribution is 2.31. The summed E-state index contributed by atoms with van der Waals surface area (Å²) in [5, 5.41) is 0.639. The molecule has 9 heteroatoms. The molecule has 37 heavy (non-hydrogen) atoms. The molecule has 0 bridgehead atoms. The van der Waals surface area contributed by atoms with Gasteiger partial charge in [-0.2, -0.15) is 0 Å². The van der Waals surface area contributed by atoms with Crippen molar-refractivity contribution in [2.45, 2.75) is 19.9 Å². The maximum absolute atomic E-state index is 13.7. The summed E-state index contributed by atoms with van der Waals surface area (Å²) in [6.07, 6.45) is 1.69. The molecule has 1 aliphatic rings. The van der Waals surface area contributed by atoms with Crippen LogP contribution in [0.2, 0.25) is 5.02 Å². The number of aromatic nitrogens is 1. The number of esters is 1. The van der Waals surface area contributed by atoms with Crippen molar-refractivity contribution in [1.29, 1.82) is 0 Å². The van der Waals surface area contributed by atoms with E-state index < -0.39 is 12.0 Å². The summed E-state index contributed by atoms with van der Waals surface area (Å²) in [6, 6.07) is 17.5. The van der Waals surface area contributed by atoms with Crippen LogP contribution in [0.5, 0.6) is 5.75 Å². The predicted octanol–water partition coefficient (Wildman–Crippen LogP) is 4.72. The minimum Gasteiger partial charge on any atom is -0.497 e. The van der Waals surface area contributed by atoms with Crippen molar-refractivity contribution in [2.24, 2.45) is 4.99 Å². The average molecular weight is 535 g/mol. The van der Waals surface area contributed by atoms with Crippen LogP contribution < -0.4 is 19.6 Å². The number of allylic oxidation sites excluding steroid dienone is 1. The molecule has 0 N–H and O–H groups in total. The number of thiazole rings is 1. The third-order valence-electron chi connectivity index (χ3n) is 5.98. The summed E-state index contributed by atoms with van der Waals surface area (Å²) in [5.41, 5.74) is 2.18. The Morgan fingerprint density at radius 3 is 2.54 bits per heavy atom.